The summed E-state index contributed by atoms with van der Waals surface area (Å²) in [6, 6.07) is 48.4. The fourth-order valence-corrected chi connectivity index (χ4v) is 15.4. The first-order valence-corrected chi connectivity index (χ1v) is 29.9. The largest absolute Gasteiger partial charge is 0.458 e. The molecule has 0 N–H and O–H groups in total. The van der Waals surface area contributed by atoms with Gasteiger partial charge in [-0.3, -0.25) is 0 Å². The van der Waals surface area contributed by atoms with Gasteiger partial charge in [0.2, 0.25) is 0 Å². The lowest BCUT2D eigenvalue weighted by atomic mass is 9.31. The van der Waals surface area contributed by atoms with Crippen molar-refractivity contribution < 1.29 is 9.47 Å². The van der Waals surface area contributed by atoms with E-state index in [-0.39, 0.29) is 35.1 Å². The maximum absolute atomic E-state index is 7.61. The number of fused-ring (bicyclic) bond motifs is 14. The van der Waals surface area contributed by atoms with E-state index in [0.29, 0.717) is 0 Å². The van der Waals surface area contributed by atoms with Gasteiger partial charge in [0, 0.05) is 50.0 Å². The van der Waals surface area contributed by atoms with Crippen LogP contribution in [0.15, 0.2) is 121 Å². The molecule has 4 nitrogen and oxygen atoms in total. The third-order valence-electron chi connectivity index (χ3n) is 19.3. The van der Waals surface area contributed by atoms with Gasteiger partial charge in [-0.2, -0.15) is 0 Å². The van der Waals surface area contributed by atoms with Gasteiger partial charge in [-0.1, -0.05) is 149 Å². The molecule has 11 aromatic rings. The monoisotopic (exact) mass is 1070 g/mol. The normalized spacial score (nSPS) is 14.1. The molecular formula is C76H74B2N2O2. The number of aryl methyl sites for hydroxylation is 6. The molecule has 406 valence electrons. The van der Waals surface area contributed by atoms with Crippen LogP contribution in [0.25, 0.3) is 77.2 Å². The van der Waals surface area contributed by atoms with Crippen LogP contribution in [0, 0.1) is 41.5 Å². The topological polar surface area (TPSA) is 28.3 Å². The van der Waals surface area contributed by atoms with Crippen LogP contribution in [0.3, 0.4) is 0 Å². The Balaban J connectivity index is 1.06. The molecule has 0 unspecified atom stereocenters. The summed E-state index contributed by atoms with van der Waals surface area (Å²) in [5.41, 5.74) is 32.4. The van der Waals surface area contributed by atoms with Crippen LogP contribution in [0.5, 0.6) is 23.0 Å². The molecule has 0 saturated heterocycles. The molecule has 6 heteroatoms. The second-order valence-corrected chi connectivity index (χ2v) is 29.4. The first kappa shape index (κ1) is 51.2. The minimum absolute atomic E-state index is 0.0230. The standard InChI is InChI=1S/C76H74B2N2O2/c1-39-23-41(3)67(42(4)24-39)45-27-61-69-65(29-45)81-63-38-64-56(37-55(63)77(69)57-35-49(75(13,14)15)33-53-51-31-47(73(7,8)9)19-21-59(51)79(61)71(53)57)78-58-36-50(76(16,17)18)34-54-52-32-48(74(10,11)12)20-22-60(52)80(72(54)58)62-28-46(30-66(82-64)70(62)78)68-43(5)25-40(2)26-44(68)6/h19-38H,1-18H3. The summed E-state index contributed by atoms with van der Waals surface area (Å²) in [4.78, 5) is 0. The van der Waals surface area contributed by atoms with Crippen molar-refractivity contribution in [3.05, 3.63) is 177 Å². The number of ether oxygens (including phenoxy) is 2. The molecular weight excluding hydrogens is 994 g/mol. The SMILES string of the molecule is Cc1cc(C)c(-c2cc3c4c(c2)-n2c5ccc(C(C)(C)C)cc5c5cc(C(C)(C)C)cc(c52)B4c2cc4c(cc2O3)Oc2cc(-c3c(C)cc(C)cc3C)cc3c2B4c2cc(C(C)(C)C)cc4c5cc(C(C)(C)C)ccc5n-3c24)c(C)c1. The van der Waals surface area contributed by atoms with E-state index < -0.39 is 0 Å². The molecule has 0 spiro atoms. The predicted molar refractivity (Wildman–Crippen MR) is 352 cm³/mol. The van der Waals surface area contributed by atoms with Crippen LogP contribution in [0.1, 0.15) is 139 Å². The van der Waals surface area contributed by atoms with E-state index in [1.165, 1.54) is 166 Å². The summed E-state index contributed by atoms with van der Waals surface area (Å²) in [5, 5.41) is 5.21. The van der Waals surface area contributed by atoms with Gasteiger partial charge < -0.3 is 18.6 Å². The molecule has 2 aromatic heterocycles. The van der Waals surface area contributed by atoms with Gasteiger partial charge in [0.25, 0.3) is 13.4 Å². The van der Waals surface area contributed by atoms with E-state index in [4.69, 9.17) is 9.47 Å². The Hall–Kier alpha value is -7.69. The van der Waals surface area contributed by atoms with Crippen molar-refractivity contribution >= 4 is 89.8 Å². The van der Waals surface area contributed by atoms with Crippen LogP contribution < -0.4 is 42.3 Å². The predicted octanol–water partition coefficient (Wildman–Crippen LogP) is 16.1. The molecule has 4 aliphatic heterocycles. The molecule has 0 aliphatic carbocycles. The number of rotatable bonds is 2. The number of nitrogens with zero attached hydrogens (tertiary/aromatic N) is 2. The Morgan fingerprint density at radius 2 is 0.683 bits per heavy atom. The zero-order valence-electron chi connectivity index (χ0n) is 51.4. The van der Waals surface area contributed by atoms with Crippen LogP contribution >= 0.6 is 0 Å². The van der Waals surface area contributed by atoms with Crippen molar-refractivity contribution in [1.29, 1.82) is 0 Å². The van der Waals surface area contributed by atoms with Gasteiger partial charge in [0.15, 0.2) is 0 Å². The van der Waals surface area contributed by atoms with Gasteiger partial charge in [-0.05, 0) is 223 Å². The fraction of sp³-hybridized carbons (Fsp3) is 0.289. The van der Waals surface area contributed by atoms with E-state index in [9.17, 15) is 0 Å². The highest BCUT2D eigenvalue weighted by Gasteiger charge is 2.47. The van der Waals surface area contributed by atoms with Crippen LogP contribution in [-0.4, -0.2) is 22.6 Å². The molecule has 15 rings (SSSR count). The number of benzene rings is 9. The van der Waals surface area contributed by atoms with E-state index in [1.807, 2.05) is 0 Å². The molecule has 82 heavy (non-hydrogen) atoms. The van der Waals surface area contributed by atoms with Crippen LogP contribution in [0.2, 0.25) is 0 Å². The van der Waals surface area contributed by atoms with Crippen LogP contribution in [-0.2, 0) is 21.7 Å². The third-order valence-corrected chi connectivity index (χ3v) is 19.3. The van der Waals surface area contributed by atoms with Gasteiger partial charge in [0.1, 0.15) is 23.0 Å². The summed E-state index contributed by atoms with van der Waals surface area (Å²) in [5.74, 6) is 3.51. The van der Waals surface area contributed by atoms with Crippen molar-refractivity contribution in [2.75, 3.05) is 0 Å². The smallest absolute Gasteiger partial charge is 0.256 e. The average Bonchev–Trinajstić information content (AvgIpc) is 1.41. The lowest BCUT2D eigenvalue weighted by Gasteiger charge is -2.38. The molecule has 0 atom stereocenters. The van der Waals surface area contributed by atoms with E-state index >= 15 is 0 Å². The molecule has 9 aromatic carbocycles. The summed E-state index contributed by atoms with van der Waals surface area (Å²) < 4.78 is 20.4. The van der Waals surface area contributed by atoms with E-state index in [2.05, 4.69) is 255 Å². The molecule has 0 saturated carbocycles. The third kappa shape index (κ3) is 7.18. The quantitative estimate of drug-likeness (QED) is 0.161. The maximum atomic E-state index is 7.61. The first-order chi connectivity index (χ1) is 38.6. The minimum Gasteiger partial charge on any atom is -0.458 e. The highest BCUT2D eigenvalue weighted by Crippen LogP contribution is 2.47. The minimum atomic E-state index is -0.125. The summed E-state index contributed by atoms with van der Waals surface area (Å²) >= 11 is 0. The average molecular weight is 1070 g/mol. The first-order valence-electron chi connectivity index (χ1n) is 29.9. The van der Waals surface area contributed by atoms with Gasteiger partial charge in [-0.15, -0.1) is 0 Å². The second kappa shape index (κ2) is 16.5. The number of hydrogen-bond acceptors (Lipinski definition) is 2. The Morgan fingerprint density at radius 3 is 1.04 bits per heavy atom. The van der Waals surface area contributed by atoms with E-state index in [0.717, 1.165) is 23.0 Å². The lowest BCUT2D eigenvalue weighted by Crippen LogP contribution is -2.62. The maximum Gasteiger partial charge on any atom is 0.256 e. The van der Waals surface area contributed by atoms with E-state index in [1.54, 1.807) is 0 Å². The molecule has 0 fully saturated rings. The Labute approximate surface area is 485 Å². The van der Waals surface area contributed by atoms with Crippen molar-refractivity contribution in [1.82, 2.24) is 9.13 Å². The summed E-state index contributed by atoms with van der Waals surface area (Å²) in [7, 11) is 0. The van der Waals surface area contributed by atoms with Gasteiger partial charge in [-0.25, -0.2) is 0 Å². The Bertz CT molecular complexity index is 4400. The highest BCUT2D eigenvalue weighted by atomic mass is 16.5. The second-order valence-electron chi connectivity index (χ2n) is 29.4. The molecule has 0 bridgehead atoms. The molecule has 0 radical (unpaired) electrons. The summed E-state index contributed by atoms with van der Waals surface area (Å²) in [6.07, 6.45) is 0. The fourth-order valence-electron chi connectivity index (χ4n) is 15.4. The summed E-state index contributed by atoms with van der Waals surface area (Å²) in [6.45, 7) is 41.4. The molecule has 6 heterocycles. The van der Waals surface area contributed by atoms with Crippen LogP contribution in [0.4, 0.5) is 0 Å². The molecule has 0 amide bonds. The van der Waals surface area contributed by atoms with Crippen molar-refractivity contribution in [2.45, 2.75) is 146 Å². The zero-order chi connectivity index (χ0) is 57.5. The Morgan fingerprint density at radius 1 is 0.329 bits per heavy atom. The molecule has 4 aliphatic rings. The van der Waals surface area contributed by atoms with Crippen molar-refractivity contribution in [3.8, 4) is 56.6 Å². The number of aromatic nitrogens is 2. The Kier molecular flexibility index (Phi) is 10.3. The van der Waals surface area contributed by atoms with Crippen molar-refractivity contribution in [3.63, 3.8) is 0 Å². The van der Waals surface area contributed by atoms with Gasteiger partial charge >= 0.3 is 0 Å². The zero-order valence-corrected chi connectivity index (χ0v) is 51.4. The highest BCUT2D eigenvalue weighted by molar-refractivity contribution is 7.02. The lowest BCUT2D eigenvalue weighted by molar-refractivity contribution is 0.465. The van der Waals surface area contributed by atoms with Crippen molar-refractivity contribution in [2.24, 2.45) is 0 Å². The number of hydrogen-bond donors (Lipinski definition) is 0. The van der Waals surface area contributed by atoms with Gasteiger partial charge in [0.05, 0.1) is 11.0 Å².